The first-order chi connectivity index (χ1) is 20.9. The highest BCUT2D eigenvalue weighted by Crippen LogP contribution is 2.53. The van der Waals surface area contributed by atoms with E-state index in [-0.39, 0.29) is 83.6 Å². The Hall–Kier alpha value is -3.86. The zero-order valence-electron chi connectivity index (χ0n) is 24.7. The second-order valence-electron chi connectivity index (χ2n) is 12.1. The second-order valence-corrected chi connectivity index (χ2v) is 13.5. The van der Waals surface area contributed by atoms with E-state index in [9.17, 15) is 29.1 Å². The summed E-state index contributed by atoms with van der Waals surface area (Å²) in [5.74, 6) is -2.71. The van der Waals surface area contributed by atoms with Gasteiger partial charge >= 0.3 is 5.97 Å². The van der Waals surface area contributed by atoms with Gasteiger partial charge in [0.25, 0.3) is 0 Å². The molecule has 5 rings (SSSR count). The normalized spacial score (nSPS) is 28.5. The Balaban J connectivity index is 1.16. The third-order valence-corrected chi connectivity index (χ3v) is 10.4. The molecule has 0 saturated carbocycles. The Morgan fingerprint density at radius 1 is 1.25 bits per heavy atom. The Morgan fingerprint density at radius 3 is 2.70 bits per heavy atom. The number of aliphatic carboxylic acids is 1. The molecular weight excluding hydrogens is 592 g/mol. The number of likely N-dealkylation sites (tertiary alicyclic amines) is 1. The van der Waals surface area contributed by atoms with Crippen LogP contribution in [0.1, 0.15) is 39.5 Å². The third-order valence-electron chi connectivity index (χ3n) is 8.92. The van der Waals surface area contributed by atoms with E-state index in [1.165, 1.54) is 27.7 Å². The number of nitrogens with two attached hydrogens (primary N) is 2. The summed E-state index contributed by atoms with van der Waals surface area (Å²) in [7, 11) is 0. The largest absolute Gasteiger partial charge is 0.477 e. The molecule has 0 unspecified atom stereocenters. The van der Waals surface area contributed by atoms with Crippen LogP contribution in [0.25, 0.3) is 0 Å². The molecule has 0 spiro atoms. The van der Waals surface area contributed by atoms with Crippen molar-refractivity contribution in [1.82, 2.24) is 35.3 Å². The molecule has 2 amide bonds. The molecule has 1 aromatic heterocycles. The highest BCUT2D eigenvalue weighted by molar-refractivity contribution is 8.03. The summed E-state index contributed by atoms with van der Waals surface area (Å²) in [6, 6.07) is -0.748. The van der Waals surface area contributed by atoms with E-state index in [2.05, 4.69) is 25.8 Å². The summed E-state index contributed by atoms with van der Waals surface area (Å²) in [6.07, 6.45) is 3.05. The van der Waals surface area contributed by atoms with Crippen LogP contribution in [-0.4, -0.2) is 114 Å². The fourth-order valence-corrected chi connectivity index (χ4v) is 8.38. The van der Waals surface area contributed by atoms with Crippen LogP contribution in [0.5, 0.6) is 0 Å². The molecule has 16 nitrogen and oxygen atoms in total. The fourth-order valence-electron chi connectivity index (χ4n) is 6.90. The lowest BCUT2D eigenvalue weighted by atomic mass is 9.73. The monoisotopic (exact) mass is 630 g/mol. The van der Waals surface area contributed by atoms with E-state index in [1.807, 2.05) is 13.8 Å². The maximum absolute atomic E-state index is 13.3. The smallest absolute Gasteiger partial charge is 0.353 e. The van der Waals surface area contributed by atoms with E-state index < -0.39 is 17.9 Å². The van der Waals surface area contributed by atoms with Crippen molar-refractivity contribution in [2.24, 2.45) is 40.1 Å². The van der Waals surface area contributed by atoms with E-state index in [0.717, 1.165) is 6.42 Å². The molecule has 0 radical (unpaired) electrons. The quantitative estimate of drug-likeness (QED) is 0.112. The minimum absolute atomic E-state index is 0.00326. The number of nitrogens with zero attached hydrogens (tertiary/aromatic N) is 7. The van der Waals surface area contributed by atoms with Crippen molar-refractivity contribution in [2.75, 3.05) is 26.2 Å². The van der Waals surface area contributed by atoms with Gasteiger partial charge in [0, 0.05) is 48.5 Å². The maximum atomic E-state index is 13.3. The maximum Gasteiger partial charge on any atom is 0.353 e. The first kappa shape index (κ1) is 31.6. The molecule has 3 fully saturated rings. The number of carboxylic acid groups (broad SMARTS) is 1. The van der Waals surface area contributed by atoms with Gasteiger partial charge in [0.2, 0.25) is 11.8 Å². The highest BCUT2D eigenvalue weighted by Gasteiger charge is 2.60. The Bertz CT molecular complexity index is 1380. The minimum atomic E-state index is -1.16. The Labute approximate surface area is 258 Å². The molecule has 7 atom stereocenters. The highest BCUT2D eigenvalue weighted by atomic mass is 32.2. The topological polar surface area (TPSA) is 232 Å². The number of nitrogens with one attached hydrogen (secondary N) is 1. The molecule has 0 aliphatic carbocycles. The number of aliphatic imine (C=N–C) groups is 1. The van der Waals surface area contributed by atoms with Gasteiger partial charge in [-0.1, -0.05) is 13.8 Å². The number of aromatic nitrogens is 4. The van der Waals surface area contributed by atoms with Crippen LogP contribution in [0, 0.1) is 23.7 Å². The van der Waals surface area contributed by atoms with Gasteiger partial charge in [-0.3, -0.25) is 19.2 Å². The molecule has 4 aliphatic heterocycles. The summed E-state index contributed by atoms with van der Waals surface area (Å²) in [4.78, 5) is 71.2. The Morgan fingerprint density at radius 2 is 2.02 bits per heavy atom. The number of carbonyl (C=O) groups excluding carboxylic acids is 4. The van der Waals surface area contributed by atoms with E-state index in [1.54, 1.807) is 4.90 Å². The van der Waals surface area contributed by atoms with Crippen molar-refractivity contribution in [3.05, 3.63) is 16.9 Å². The number of carboxylic acids is 1. The molecule has 4 aliphatic rings. The van der Waals surface area contributed by atoms with Crippen molar-refractivity contribution in [3.8, 4) is 0 Å². The van der Waals surface area contributed by atoms with Gasteiger partial charge in [-0.15, -0.1) is 16.9 Å². The summed E-state index contributed by atoms with van der Waals surface area (Å²) in [5.41, 5.74) is 10.6. The number of tetrazole rings is 1. The zero-order valence-corrected chi connectivity index (χ0v) is 25.5. The van der Waals surface area contributed by atoms with Crippen molar-refractivity contribution in [3.63, 3.8) is 0 Å². The number of carbonyl (C=O) groups is 5. The van der Waals surface area contributed by atoms with Crippen molar-refractivity contribution < 1.29 is 29.1 Å². The van der Waals surface area contributed by atoms with Crippen molar-refractivity contribution in [2.45, 2.75) is 63.4 Å². The lowest BCUT2D eigenvalue weighted by molar-refractivity contribution is -0.160. The summed E-state index contributed by atoms with van der Waals surface area (Å²) >= 11 is 1.42. The number of rotatable bonds is 13. The van der Waals surface area contributed by atoms with Gasteiger partial charge < -0.3 is 31.7 Å². The van der Waals surface area contributed by atoms with Crippen LogP contribution in [-0.2, 0) is 30.5 Å². The first-order valence-corrected chi connectivity index (χ1v) is 15.6. The predicted octanol–water partition coefficient (Wildman–Crippen LogP) is -1.41. The van der Waals surface area contributed by atoms with Gasteiger partial charge in [0.15, 0.2) is 17.5 Å². The standard InChI is InChI=1S/C27H38N10O6S/c1-13(5-17(39)11-36-12-32-33-34-36)20-21-14(2)23(22(26(42)43)37(21)25(20)41)44-18-7-19(30-9-18)24(40)35-4-3-15(10-35)6-16(38)8-31-27(28)29/h12-15,18-21,30H,3-11H2,1-2H3,(H,42,43)(H4,28,29,31)/t13-,14+,15-,18-,19-,20+,21+/m0/s1. The lowest BCUT2D eigenvalue weighted by Gasteiger charge is -2.47. The number of β-lactam (4-membered cyclic amide) rings is 1. The number of amides is 2. The molecular formula is C27H38N10O6S. The van der Waals surface area contributed by atoms with Crippen LogP contribution in [0.2, 0.25) is 0 Å². The summed E-state index contributed by atoms with van der Waals surface area (Å²) < 4.78 is 1.33. The van der Waals surface area contributed by atoms with Crippen LogP contribution < -0.4 is 16.8 Å². The fraction of sp³-hybridized carbons (Fsp3) is 0.667. The van der Waals surface area contributed by atoms with E-state index in [0.29, 0.717) is 37.4 Å². The molecule has 17 heteroatoms. The average Bonchev–Trinajstić information content (AvgIpc) is 3.76. The molecule has 5 heterocycles. The number of guanidine groups is 1. The number of thioether (sulfide) groups is 1. The Kier molecular flexibility index (Phi) is 9.34. The third kappa shape index (κ3) is 6.47. The predicted molar refractivity (Wildman–Crippen MR) is 157 cm³/mol. The molecule has 1 aromatic rings. The van der Waals surface area contributed by atoms with E-state index in [4.69, 9.17) is 11.5 Å². The van der Waals surface area contributed by atoms with Crippen LogP contribution in [0.4, 0.5) is 0 Å². The second kappa shape index (κ2) is 13.0. The van der Waals surface area contributed by atoms with Gasteiger partial charge in [0.1, 0.15) is 25.1 Å². The number of hydrogen-bond acceptors (Lipinski definition) is 11. The van der Waals surface area contributed by atoms with Crippen LogP contribution >= 0.6 is 11.8 Å². The summed E-state index contributed by atoms with van der Waals surface area (Å²) in [5, 5.41) is 24.1. The van der Waals surface area contributed by atoms with Crippen LogP contribution in [0.3, 0.4) is 0 Å². The number of hydrogen-bond donors (Lipinski definition) is 4. The van der Waals surface area contributed by atoms with Gasteiger partial charge in [-0.05, 0) is 35.1 Å². The molecule has 44 heavy (non-hydrogen) atoms. The molecule has 0 bridgehead atoms. The van der Waals surface area contributed by atoms with Gasteiger partial charge in [-0.25, -0.2) is 14.5 Å². The van der Waals surface area contributed by atoms with Crippen molar-refractivity contribution in [1.29, 1.82) is 0 Å². The summed E-state index contributed by atoms with van der Waals surface area (Å²) in [6.45, 7) is 5.28. The lowest BCUT2D eigenvalue weighted by Crippen LogP contribution is -2.62. The molecule has 238 valence electrons. The molecule has 3 saturated heterocycles. The first-order valence-electron chi connectivity index (χ1n) is 14.7. The number of fused-ring (bicyclic) bond motifs is 1. The number of ketones is 2. The van der Waals surface area contributed by atoms with E-state index >= 15 is 0 Å². The van der Waals surface area contributed by atoms with Gasteiger partial charge in [0.05, 0.1) is 18.0 Å². The SMILES string of the molecule is C[C@@H](CC(=O)Cn1cnnn1)[C@H]1C(=O)N2C(C(=O)O)=C(S[C@@H]3CN[C@H](C(=O)N4CC[C@@H](CC(=O)CN=C(N)N)C4)C3)[C@H](C)[C@H]12. The van der Waals surface area contributed by atoms with Crippen molar-refractivity contribution >= 4 is 47.1 Å². The average molecular weight is 631 g/mol. The van der Waals surface area contributed by atoms with Gasteiger partial charge in [-0.2, -0.15) is 0 Å². The molecule has 0 aromatic carbocycles. The minimum Gasteiger partial charge on any atom is -0.477 e. The zero-order chi connectivity index (χ0) is 31.7. The number of Topliss-reactive ketones (excluding diaryl/α,β-unsaturated/α-hetero) is 2. The molecule has 6 N–H and O–H groups in total. The van der Waals surface area contributed by atoms with Crippen LogP contribution in [0.15, 0.2) is 21.9 Å².